The number of rotatable bonds is 7. The maximum absolute atomic E-state index is 11.7. The van der Waals surface area contributed by atoms with Crippen LogP contribution in [0, 0.1) is 11.8 Å². The van der Waals surface area contributed by atoms with Crippen molar-refractivity contribution in [3.8, 4) is 0 Å². The van der Waals surface area contributed by atoms with E-state index in [0.29, 0.717) is 12.5 Å². The molecule has 5 nitrogen and oxygen atoms in total. The molecule has 0 aromatic rings. The molecule has 106 valence electrons. The highest BCUT2D eigenvalue weighted by molar-refractivity contribution is 5.74. The molecule has 1 atom stereocenters. The summed E-state index contributed by atoms with van der Waals surface area (Å²) in [5, 5.41) is 11.6. The van der Waals surface area contributed by atoms with Gasteiger partial charge in [0.2, 0.25) is 0 Å². The molecule has 0 aliphatic carbocycles. The van der Waals surface area contributed by atoms with Crippen molar-refractivity contribution in [2.75, 3.05) is 13.6 Å². The van der Waals surface area contributed by atoms with Crippen LogP contribution in [-0.4, -0.2) is 41.6 Å². The first kappa shape index (κ1) is 16.7. The monoisotopic (exact) mass is 258 g/mol. The van der Waals surface area contributed by atoms with Gasteiger partial charge in [0.05, 0.1) is 0 Å². The van der Waals surface area contributed by atoms with E-state index in [4.69, 9.17) is 5.11 Å². The van der Waals surface area contributed by atoms with Gasteiger partial charge < -0.3 is 15.3 Å². The second kappa shape index (κ2) is 7.95. The molecular formula is C13H26N2O3. The lowest BCUT2D eigenvalue weighted by Crippen LogP contribution is -2.43. The molecule has 0 heterocycles. The topological polar surface area (TPSA) is 69.6 Å². The second-order valence-electron chi connectivity index (χ2n) is 5.48. The van der Waals surface area contributed by atoms with E-state index in [1.165, 1.54) is 0 Å². The third-order valence-electron chi connectivity index (χ3n) is 2.90. The van der Waals surface area contributed by atoms with E-state index < -0.39 is 5.97 Å². The molecule has 0 aliphatic heterocycles. The second-order valence-corrected chi connectivity index (χ2v) is 5.48. The van der Waals surface area contributed by atoms with Crippen molar-refractivity contribution in [2.24, 2.45) is 11.8 Å². The number of aliphatic carboxylic acids is 1. The Bertz CT molecular complexity index is 277. The lowest BCUT2D eigenvalue weighted by atomic mass is 9.94. The third-order valence-corrected chi connectivity index (χ3v) is 2.90. The zero-order valence-electron chi connectivity index (χ0n) is 12.1. The molecule has 2 N–H and O–H groups in total. The molecule has 0 saturated carbocycles. The van der Waals surface area contributed by atoms with E-state index in [-0.39, 0.29) is 24.4 Å². The molecule has 0 radical (unpaired) electrons. The molecule has 5 heteroatoms. The molecule has 0 bridgehead atoms. The summed E-state index contributed by atoms with van der Waals surface area (Å²) >= 11 is 0. The van der Waals surface area contributed by atoms with Gasteiger partial charge in [-0.25, -0.2) is 4.79 Å². The van der Waals surface area contributed by atoms with Crippen LogP contribution in [0.4, 0.5) is 4.79 Å². The van der Waals surface area contributed by atoms with Crippen LogP contribution in [0.25, 0.3) is 0 Å². The summed E-state index contributed by atoms with van der Waals surface area (Å²) in [5.41, 5.74) is 0. The number of carboxylic acids is 1. The van der Waals surface area contributed by atoms with Crippen molar-refractivity contribution < 1.29 is 14.7 Å². The van der Waals surface area contributed by atoms with Crippen molar-refractivity contribution in [1.82, 2.24) is 10.2 Å². The first-order valence-electron chi connectivity index (χ1n) is 6.46. The molecule has 18 heavy (non-hydrogen) atoms. The minimum absolute atomic E-state index is 0.00740. The van der Waals surface area contributed by atoms with Crippen molar-refractivity contribution in [3.05, 3.63) is 0 Å². The molecule has 0 spiro atoms. The summed E-state index contributed by atoms with van der Waals surface area (Å²) < 4.78 is 0. The van der Waals surface area contributed by atoms with Crippen molar-refractivity contribution in [2.45, 2.75) is 46.6 Å². The van der Waals surface area contributed by atoms with E-state index in [9.17, 15) is 9.59 Å². The van der Waals surface area contributed by atoms with Gasteiger partial charge in [-0.3, -0.25) is 4.79 Å². The Morgan fingerprint density at radius 3 is 2.17 bits per heavy atom. The lowest BCUT2D eigenvalue weighted by molar-refractivity contribution is -0.138. The molecule has 0 rings (SSSR count). The number of amides is 2. The van der Waals surface area contributed by atoms with Crippen LogP contribution < -0.4 is 5.32 Å². The average molecular weight is 258 g/mol. The minimum atomic E-state index is -0.813. The Hall–Kier alpha value is -1.26. The van der Waals surface area contributed by atoms with Gasteiger partial charge in [-0.15, -0.1) is 0 Å². The molecule has 0 unspecified atom stereocenters. The zero-order chi connectivity index (χ0) is 14.3. The van der Waals surface area contributed by atoms with E-state index in [1.807, 2.05) is 13.8 Å². The van der Waals surface area contributed by atoms with Gasteiger partial charge in [0.25, 0.3) is 0 Å². The molecule has 0 aromatic carbocycles. The standard InChI is InChI=1S/C13H26N2O3/c1-9(2)6-11(7-12(16)17)8-14-13(18)15(5)10(3)4/h9-11H,6-8H2,1-5H3,(H,14,18)(H,16,17)/t11-/m0/s1. The van der Waals surface area contributed by atoms with Gasteiger partial charge in [-0.2, -0.15) is 0 Å². The van der Waals surface area contributed by atoms with Crippen LogP contribution in [0.15, 0.2) is 0 Å². The summed E-state index contributed by atoms with van der Waals surface area (Å²) in [6.45, 7) is 8.39. The van der Waals surface area contributed by atoms with Crippen molar-refractivity contribution in [1.29, 1.82) is 0 Å². The quantitative estimate of drug-likeness (QED) is 0.735. The van der Waals surface area contributed by atoms with E-state index in [1.54, 1.807) is 11.9 Å². The van der Waals surface area contributed by atoms with E-state index in [2.05, 4.69) is 19.2 Å². The third kappa shape index (κ3) is 7.14. The average Bonchev–Trinajstić information content (AvgIpc) is 2.22. The first-order valence-corrected chi connectivity index (χ1v) is 6.46. The Kier molecular flexibility index (Phi) is 7.39. The SMILES string of the molecule is CC(C)C[C@H](CNC(=O)N(C)C(C)C)CC(=O)O. The fourth-order valence-corrected chi connectivity index (χ4v) is 1.74. The van der Waals surface area contributed by atoms with Crippen LogP contribution in [-0.2, 0) is 4.79 Å². The maximum Gasteiger partial charge on any atom is 0.317 e. The zero-order valence-corrected chi connectivity index (χ0v) is 12.1. The van der Waals surface area contributed by atoms with Gasteiger partial charge in [0, 0.05) is 26.1 Å². The molecule has 0 fully saturated rings. The minimum Gasteiger partial charge on any atom is -0.481 e. The van der Waals surface area contributed by atoms with Gasteiger partial charge in [0.1, 0.15) is 0 Å². The summed E-state index contributed by atoms with van der Waals surface area (Å²) in [5.74, 6) is -0.395. The van der Waals surface area contributed by atoms with E-state index in [0.717, 1.165) is 6.42 Å². The number of carboxylic acid groups (broad SMARTS) is 1. The number of nitrogens with zero attached hydrogens (tertiary/aromatic N) is 1. The molecule has 0 aliphatic rings. The first-order chi connectivity index (χ1) is 8.23. The van der Waals surface area contributed by atoms with Crippen molar-refractivity contribution >= 4 is 12.0 Å². The Morgan fingerprint density at radius 1 is 1.22 bits per heavy atom. The molecule has 0 aromatic heterocycles. The van der Waals surface area contributed by atoms with Gasteiger partial charge in [-0.05, 0) is 32.1 Å². The van der Waals surface area contributed by atoms with Crippen LogP contribution >= 0.6 is 0 Å². The van der Waals surface area contributed by atoms with Crippen molar-refractivity contribution in [3.63, 3.8) is 0 Å². The van der Waals surface area contributed by atoms with Gasteiger partial charge in [-0.1, -0.05) is 13.8 Å². The highest BCUT2D eigenvalue weighted by Gasteiger charge is 2.18. The molecule has 0 saturated heterocycles. The Morgan fingerprint density at radius 2 is 1.78 bits per heavy atom. The summed E-state index contributed by atoms with van der Waals surface area (Å²) in [6, 6.07) is -0.0165. The number of urea groups is 1. The normalized spacial score (nSPS) is 12.6. The van der Waals surface area contributed by atoms with E-state index >= 15 is 0 Å². The number of hydrogen-bond donors (Lipinski definition) is 2. The number of hydrogen-bond acceptors (Lipinski definition) is 2. The summed E-state index contributed by atoms with van der Waals surface area (Å²) in [4.78, 5) is 24.1. The van der Waals surface area contributed by atoms with Gasteiger partial charge >= 0.3 is 12.0 Å². The van der Waals surface area contributed by atoms with Crippen LogP contribution in [0.3, 0.4) is 0 Å². The predicted molar refractivity (Wildman–Crippen MR) is 71.5 cm³/mol. The smallest absolute Gasteiger partial charge is 0.317 e. The lowest BCUT2D eigenvalue weighted by Gasteiger charge is -2.24. The Labute approximate surface area is 110 Å². The summed E-state index contributed by atoms with van der Waals surface area (Å²) in [7, 11) is 1.73. The van der Waals surface area contributed by atoms with Gasteiger partial charge in [0.15, 0.2) is 0 Å². The predicted octanol–water partition coefficient (Wildman–Crippen LogP) is 2.17. The Balaban J connectivity index is 4.24. The van der Waals surface area contributed by atoms with Crippen LogP contribution in [0.5, 0.6) is 0 Å². The fourth-order valence-electron chi connectivity index (χ4n) is 1.74. The van der Waals surface area contributed by atoms with Crippen LogP contribution in [0.1, 0.15) is 40.5 Å². The highest BCUT2D eigenvalue weighted by atomic mass is 16.4. The fraction of sp³-hybridized carbons (Fsp3) is 0.846. The number of carbonyl (C=O) groups excluding carboxylic acids is 1. The van der Waals surface area contributed by atoms with Crippen LogP contribution in [0.2, 0.25) is 0 Å². The molecule has 2 amide bonds. The molecular weight excluding hydrogens is 232 g/mol. The summed E-state index contributed by atoms with van der Waals surface area (Å²) in [6.07, 6.45) is 0.905. The largest absolute Gasteiger partial charge is 0.481 e. The number of nitrogens with one attached hydrogen (secondary N) is 1. The number of carbonyl (C=O) groups is 2. The highest BCUT2D eigenvalue weighted by Crippen LogP contribution is 2.14. The maximum atomic E-state index is 11.7.